The molecule has 1 spiro atoms. The fraction of sp³-hybridized carbons (Fsp3) is 0.536. The number of nitro groups is 1. The Morgan fingerprint density at radius 3 is 2.35 bits per heavy atom. The average Bonchev–Trinajstić information content (AvgIpc) is 3.61. The van der Waals surface area contributed by atoms with Crippen LogP contribution in [0.5, 0.6) is 0 Å². The van der Waals surface area contributed by atoms with Crippen LogP contribution in [0.1, 0.15) is 49.4 Å². The Hall–Kier alpha value is -3.49. The molecule has 2 amide bonds. The molecule has 0 unspecified atom stereocenters. The van der Waals surface area contributed by atoms with E-state index in [0.717, 1.165) is 24.9 Å². The summed E-state index contributed by atoms with van der Waals surface area (Å²) in [6.07, 6.45) is 6.79. The molecule has 1 saturated carbocycles. The lowest BCUT2D eigenvalue weighted by Gasteiger charge is -2.39. The van der Waals surface area contributed by atoms with E-state index in [-0.39, 0.29) is 52.7 Å². The third-order valence-corrected chi connectivity index (χ3v) is 8.86. The van der Waals surface area contributed by atoms with Gasteiger partial charge in [0.15, 0.2) is 0 Å². The van der Waals surface area contributed by atoms with Crippen molar-refractivity contribution < 1.29 is 19.3 Å². The molecule has 5 rings (SSSR count). The Bertz CT molecular complexity index is 1180. The van der Waals surface area contributed by atoms with Gasteiger partial charge in [0, 0.05) is 68.2 Å². The van der Waals surface area contributed by atoms with Gasteiger partial charge in [0.25, 0.3) is 5.91 Å². The molecule has 2 saturated heterocycles. The van der Waals surface area contributed by atoms with Crippen molar-refractivity contribution in [3.63, 3.8) is 0 Å². The lowest BCUT2D eigenvalue weighted by Crippen LogP contribution is -2.45. The third-order valence-electron chi connectivity index (χ3n) is 8.86. The molecular formula is C28H34N4O5. The van der Waals surface area contributed by atoms with Crippen LogP contribution in [0.4, 0.5) is 0 Å². The lowest BCUT2D eigenvalue weighted by atomic mass is 9.77. The monoisotopic (exact) mass is 506 g/mol. The molecule has 2 aromatic rings. The van der Waals surface area contributed by atoms with Gasteiger partial charge in [0.1, 0.15) is 5.78 Å². The SMILES string of the molecule is C[C@@H]1CC(=O)[C@H](CC(=O)N2CCC3(CCN(C(=O)c4ccccc4-n4cccc4)CC3)C2)[C@H]1C[N+](=O)[O-]. The normalized spacial score (nSPS) is 25.1. The van der Waals surface area contributed by atoms with Crippen molar-refractivity contribution >= 4 is 17.6 Å². The molecule has 3 atom stereocenters. The minimum absolute atomic E-state index is 0.0143. The zero-order chi connectivity index (χ0) is 26.2. The van der Waals surface area contributed by atoms with E-state index in [1.807, 2.05) is 70.1 Å². The van der Waals surface area contributed by atoms with Crippen LogP contribution in [0, 0.1) is 33.3 Å². The number of hydrogen-bond donors (Lipinski definition) is 0. The van der Waals surface area contributed by atoms with E-state index in [1.54, 1.807) is 0 Å². The summed E-state index contributed by atoms with van der Waals surface area (Å²) in [6.45, 7) is 4.16. The van der Waals surface area contributed by atoms with Crippen molar-refractivity contribution in [1.82, 2.24) is 14.4 Å². The van der Waals surface area contributed by atoms with Crippen LogP contribution in [-0.2, 0) is 9.59 Å². The number of ketones is 1. The molecule has 196 valence electrons. The summed E-state index contributed by atoms with van der Waals surface area (Å²) in [6, 6.07) is 11.5. The summed E-state index contributed by atoms with van der Waals surface area (Å²) in [7, 11) is 0. The molecule has 2 aliphatic heterocycles. The first-order valence-electron chi connectivity index (χ1n) is 13.2. The largest absolute Gasteiger partial charge is 0.342 e. The van der Waals surface area contributed by atoms with Crippen molar-refractivity contribution in [1.29, 1.82) is 0 Å². The number of amides is 2. The van der Waals surface area contributed by atoms with Crippen LogP contribution in [0.3, 0.4) is 0 Å². The van der Waals surface area contributed by atoms with E-state index in [9.17, 15) is 24.5 Å². The van der Waals surface area contributed by atoms with Gasteiger partial charge in [-0.05, 0) is 54.9 Å². The van der Waals surface area contributed by atoms with Gasteiger partial charge < -0.3 is 14.4 Å². The predicted octanol–water partition coefficient (Wildman–Crippen LogP) is 3.44. The molecule has 0 radical (unpaired) electrons. The van der Waals surface area contributed by atoms with Crippen molar-refractivity contribution in [3.05, 3.63) is 64.5 Å². The number of para-hydroxylation sites is 1. The number of carbonyl (C=O) groups excluding carboxylic acids is 3. The van der Waals surface area contributed by atoms with E-state index in [0.29, 0.717) is 38.2 Å². The molecule has 1 aromatic carbocycles. The fourth-order valence-electron chi connectivity index (χ4n) is 6.60. The van der Waals surface area contributed by atoms with Gasteiger partial charge in [0.05, 0.1) is 11.3 Å². The molecule has 3 fully saturated rings. The van der Waals surface area contributed by atoms with Gasteiger partial charge in [-0.1, -0.05) is 19.1 Å². The van der Waals surface area contributed by atoms with Crippen molar-refractivity contribution in [2.45, 2.75) is 39.0 Å². The molecular weight excluding hydrogens is 472 g/mol. The Balaban J connectivity index is 1.19. The van der Waals surface area contributed by atoms with Crippen molar-refractivity contribution in [2.75, 3.05) is 32.7 Å². The quantitative estimate of drug-likeness (QED) is 0.441. The van der Waals surface area contributed by atoms with Crippen LogP contribution in [0.2, 0.25) is 0 Å². The van der Waals surface area contributed by atoms with Gasteiger partial charge in [-0.2, -0.15) is 0 Å². The van der Waals surface area contributed by atoms with Gasteiger partial charge in [-0.15, -0.1) is 0 Å². The first-order chi connectivity index (χ1) is 17.8. The first-order valence-corrected chi connectivity index (χ1v) is 13.2. The van der Waals surface area contributed by atoms with E-state index in [4.69, 9.17) is 0 Å². The summed E-state index contributed by atoms with van der Waals surface area (Å²) >= 11 is 0. The smallest absolute Gasteiger partial charge is 0.255 e. The maximum Gasteiger partial charge on any atom is 0.255 e. The molecule has 37 heavy (non-hydrogen) atoms. The number of benzene rings is 1. The molecule has 9 nitrogen and oxygen atoms in total. The van der Waals surface area contributed by atoms with E-state index >= 15 is 0 Å². The highest BCUT2D eigenvalue weighted by atomic mass is 16.6. The van der Waals surface area contributed by atoms with Gasteiger partial charge >= 0.3 is 0 Å². The Morgan fingerprint density at radius 1 is 1.03 bits per heavy atom. The minimum atomic E-state index is -0.552. The van der Waals surface area contributed by atoms with E-state index in [2.05, 4.69) is 0 Å². The molecule has 0 bridgehead atoms. The first kappa shape index (κ1) is 25.2. The van der Waals surface area contributed by atoms with Gasteiger partial charge in [-0.3, -0.25) is 24.5 Å². The summed E-state index contributed by atoms with van der Waals surface area (Å²) in [4.78, 5) is 53.6. The van der Waals surface area contributed by atoms with Crippen LogP contribution in [0.25, 0.3) is 5.69 Å². The zero-order valence-electron chi connectivity index (χ0n) is 21.3. The number of piperidine rings is 1. The standard InChI is InChI=1S/C28H34N4O5/c1-20-16-25(33)22(23(20)18-32(36)37)17-26(34)31-15-10-28(19-31)8-13-30(14-9-28)27(35)21-6-2-3-7-24(21)29-11-4-5-12-29/h2-7,11-12,20,22-23H,8-10,13-19H2,1H3/t20-,22-,23+/m1/s1. The van der Waals surface area contributed by atoms with Gasteiger partial charge in [0.2, 0.25) is 12.5 Å². The second kappa shape index (κ2) is 10.1. The highest BCUT2D eigenvalue weighted by molar-refractivity contribution is 5.98. The van der Waals surface area contributed by atoms with Crippen LogP contribution in [-0.4, -0.2) is 69.6 Å². The topological polar surface area (TPSA) is 106 Å². The Morgan fingerprint density at radius 2 is 1.68 bits per heavy atom. The maximum absolute atomic E-state index is 13.4. The van der Waals surface area contributed by atoms with Crippen LogP contribution >= 0.6 is 0 Å². The van der Waals surface area contributed by atoms with Gasteiger partial charge in [-0.25, -0.2) is 0 Å². The minimum Gasteiger partial charge on any atom is -0.342 e. The molecule has 3 aliphatic rings. The Kier molecular flexibility index (Phi) is 6.88. The number of hydrogen-bond acceptors (Lipinski definition) is 5. The summed E-state index contributed by atoms with van der Waals surface area (Å²) in [5.74, 6) is -1.05. The number of aromatic nitrogens is 1. The average molecular weight is 507 g/mol. The third kappa shape index (κ3) is 5.04. The zero-order valence-corrected chi connectivity index (χ0v) is 21.3. The van der Waals surface area contributed by atoms with Crippen molar-refractivity contribution in [2.24, 2.45) is 23.2 Å². The molecule has 0 N–H and O–H groups in total. The second-order valence-electron chi connectivity index (χ2n) is 11.1. The number of Topliss-reactive ketones (excluding diaryl/α,β-unsaturated/α-hetero) is 1. The summed E-state index contributed by atoms with van der Waals surface area (Å²) < 4.78 is 1.95. The van der Waals surface area contributed by atoms with Crippen molar-refractivity contribution in [3.8, 4) is 5.69 Å². The number of likely N-dealkylation sites (tertiary alicyclic amines) is 2. The molecule has 9 heteroatoms. The van der Waals surface area contributed by atoms with E-state index < -0.39 is 5.92 Å². The molecule has 3 heterocycles. The van der Waals surface area contributed by atoms with Crippen LogP contribution < -0.4 is 0 Å². The number of rotatable bonds is 6. The Labute approximate surface area is 216 Å². The number of carbonyl (C=O) groups is 3. The molecule has 1 aromatic heterocycles. The second-order valence-corrected chi connectivity index (χ2v) is 11.1. The van der Waals surface area contributed by atoms with E-state index in [1.165, 1.54) is 0 Å². The van der Waals surface area contributed by atoms with Crippen LogP contribution in [0.15, 0.2) is 48.8 Å². The highest BCUT2D eigenvalue weighted by Crippen LogP contribution is 2.42. The number of nitrogens with zero attached hydrogens (tertiary/aromatic N) is 4. The maximum atomic E-state index is 13.4. The summed E-state index contributed by atoms with van der Waals surface area (Å²) in [5, 5.41) is 11.1. The predicted molar refractivity (Wildman–Crippen MR) is 137 cm³/mol. The summed E-state index contributed by atoms with van der Waals surface area (Å²) in [5.41, 5.74) is 1.53. The fourth-order valence-corrected chi connectivity index (χ4v) is 6.60. The highest BCUT2D eigenvalue weighted by Gasteiger charge is 2.47. The molecule has 1 aliphatic carbocycles. The lowest BCUT2D eigenvalue weighted by molar-refractivity contribution is -0.490.